The average Bonchev–Trinajstić information content (AvgIpc) is 3.26. The first-order chi connectivity index (χ1) is 15.3. The van der Waals surface area contributed by atoms with Crippen LogP contribution in [0.1, 0.15) is 29.6 Å². The number of amides is 1. The number of anilines is 1. The molecule has 9 nitrogen and oxygen atoms in total. The Morgan fingerprint density at radius 2 is 1.78 bits per heavy atom. The van der Waals surface area contributed by atoms with Gasteiger partial charge in [0.1, 0.15) is 0 Å². The molecule has 2 aliphatic rings. The highest BCUT2D eigenvalue weighted by Gasteiger charge is 2.27. The van der Waals surface area contributed by atoms with Crippen LogP contribution in [0.3, 0.4) is 0 Å². The molecule has 2 heterocycles. The van der Waals surface area contributed by atoms with Gasteiger partial charge in [-0.15, -0.1) is 0 Å². The Balaban J connectivity index is 1.40. The largest absolute Gasteiger partial charge is 0.454 e. The van der Waals surface area contributed by atoms with Crippen LogP contribution in [0.15, 0.2) is 41.3 Å². The molecular formula is C21H21ClN2O7S. The van der Waals surface area contributed by atoms with Gasteiger partial charge in [0.15, 0.2) is 18.1 Å². The first kappa shape index (κ1) is 22.4. The van der Waals surface area contributed by atoms with Crippen LogP contribution in [0.4, 0.5) is 5.69 Å². The summed E-state index contributed by atoms with van der Waals surface area (Å²) in [7, 11) is -3.75. The predicted octanol–water partition coefficient (Wildman–Crippen LogP) is 3.04. The summed E-state index contributed by atoms with van der Waals surface area (Å²) in [6.45, 7) is 0.403. The molecule has 4 rings (SSSR count). The van der Waals surface area contributed by atoms with E-state index in [0.717, 1.165) is 19.3 Å². The molecule has 1 fully saturated rings. The van der Waals surface area contributed by atoms with Crippen molar-refractivity contribution < 1.29 is 32.2 Å². The smallest absolute Gasteiger partial charge is 0.340 e. The molecule has 2 aromatic rings. The molecule has 0 aromatic heterocycles. The van der Waals surface area contributed by atoms with Gasteiger partial charge in [-0.3, -0.25) is 4.79 Å². The molecule has 0 radical (unpaired) electrons. The molecule has 11 heteroatoms. The van der Waals surface area contributed by atoms with Gasteiger partial charge < -0.3 is 19.5 Å². The summed E-state index contributed by atoms with van der Waals surface area (Å²) in [5.41, 5.74) is 0.323. The van der Waals surface area contributed by atoms with Crippen molar-refractivity contribution in [1.29, 1.82) is 0 Å². The highest BCUT2D eigenvalue weighted by atomic mass is 35.5. The van der Waals surface area contributed by atoms with Gasteiger partial charge in [-0.2, -0.15) is 4.31 Å². The standard InChI is InChI=1S/C21H21ClN2O7S/c22-17-6-5-15(32(27,28)24-8-2-1-3-9-24)11-16(17)21(26)29-12-20(25)23-14-4-7-18-19(10-14)31-13-30-18/h4-7,10-11H,1-3,8-9,12-13H2,(H,23,25). The van der Waals surface area contributed by atoms with Crippen LogP contribution < -0.4 is 14.8 Å². The number of ether oxygens (including phenoxy) is 3. The van der Waals surface area contributed by atoms with Crippen LogP contribution >= 0.6 is 11.6 Å². The Labute approximate surface area is 190 Å². The third kappa shape index (κ3) is 4.82. The Morgan fingerprint density at radius 3 is 2.56 bits per heavy atom. The number of benzene rings is 2. The Morgan fingerprint density at radius 1 is 1.03 bits per heavy atom. The molecule has 0 unspecified atom stereocenters. The Hall–Kier alpha value is -2.82. The van der Waals surface area contributed by atoms with E-state index in [1.54, 1.807) is 18.2 Å². The normalized spacial score (nSPS) is 15.9. The minimum absolute atomic E-state index is 0.0313. The summed E-state index contributed by atoms with van der Waals surface area (Å²) in [6, 6.07) is 8.74. The van der Waals surface area contributed by atoms with Crippen LogP contribution in [-0.2, 0) is 19.6 Å². The van der Waals surface area contributed by atoms with Gasteiger partial charge in [0.25, 0.3) is 5.91 Å². The highest BCUT2D eigenvalue weighted by molar-refractivity contribution is 7.89. The van der Waals surface area contributed by atoms with Crippen molar-refractivity contribution in [3.05, 3.63) is 47.0 Å². The van der Waals surface area contributed by atoms with Gasteiger partial charge in [0.05, 0.1) is 15.5 Å². The van der Waals surface area contributed by atoms with Crippen LogP contribution in [-0.4, -0.2) is 51.1 Å². The van der Waals surface area contributed by atoms with E-state index in [0.29, 0.717) is 30.3 Å². The molecule has 32 heavy (non-hydrogen) atoms. The minimum atomic E-state index is -3.75. The predicted molar refractivity (Wildman–Crippen MR) is 116 cm³/mol. The first-order valence-electron chi connectivity index (χ1n) is 10.0. The summed E-state index contributed by atoms with van der Waals surface area (Å²) < 4.78 is 42.6. The van der Waals surface area contributed by atoms with Crippen LogP contribution in [0.25, 0.3) is 0 Å². The molecule has 2 aromatic carbocycles. The molecule has 1 N–H and O–H groups in total. The lowest BCUT2D eigenvalue weighted by molar-refractivity contribution is -0.119. The molecule has 0 bridgehead atoms. The molecule has 0 saturated carbocycles. The minimum Gasteiger partial charge on any atom is -0.454 e. The molecule has 1 saturated heterocycles. The number of hydrogen-bond acceptors (Lipinski definition) is 7. The maximum atomic E-state index is 12.9. The summed E-state index contributed by atoms with van der Waals surface area (Å²) >= 11 is 6.09. The Kier molecular flexibility index (Phi) is 6.54. The summed E-state index contributed by atoms with van der Waals surface area (Å²) in [4.78, 5) is 24.6. The number of sulfonamides is 1. The van der Waals surface area contributed by atoms with Crippen molar-refractivity contribution in [1.82, 2.24) is 4.31 Å². The van der Waals surface area contributed by atoms with Gasteiger partial charge in [0, 0.05) is 24.8 Å². The number of carbonyl (C=O) groups is 2. The number of fused-ring (bicyclic) bond motifs is 1. The maximum Gasteiger partial charge on any atom is 0.340 e. The summed E-state index contributed by atoms with van der Waals surface area (Å²) in [5, 5.41) is 2.62. The quantitative estimate of drug-likeness (QED) is 0.632. The van der Waals surface area contributed by atoms with E-state index < -0.39 is 28.5 Å². The summed E-state index contributed by atoms with van der Waals surface area (Å²) in [6.07, 6.45) is 2.57. The topological polar surface area (TPSA) is 111 Å². The van der Waals surface area contributed by atoms with Crippen molar-refractivity contribution >= 4 is 39.2 Å². The monoisotopic (exact) mass is 480 g/mol. The fourth-order valence-corrected chi connectivity index (χ4v) is 5.19. The number of esters is 1. The molecule has 1 amide bonds. The Bertz CT molecular complexity index is 1150. The lowest BCUT2D eigenvalue weighted by Crippen LogP contribution is -2.35. The average molecular weight is 481 g/mol. The lowest BCUT2D eigenvalue weighted by atomic mass is 10.2. The summed E-state index contributed by atoms with van der Waals surface area (Å²) in [5.74, 6) is -0.404. The molecule has 2 aliphatic heterocycles. The SMILES string of the molecule is O=C(COC(=O)c1cc(S(=O)(=O)N2CCCCC2)ccc1Cl)Nc1ccc2c(c1)OCO2. The third-order valence-corrected chi connectivity index (χ3v) is 7.33. The lowest BCUT2D eigenvalue weighted by Gasteiger charge is -2.26. The van der Waals surface area contributed by atoms with Crippen LogP contribution in [0.5, 0.6) is 11.5 Å². The van der Waals surface area contributed by atoms with Crippen molar-refractivity contribution in [2.75, 3.05) is 31.8 Å². The van der Waals surface area contributed by atoms with E-state index in [9.17, 15) is 18.0 Å². The second kappa shape index (κ2) is 9.35. The van der Waals surface area contributed by atoms with Crippen molar-refractivity contribution in [3.63, 3.8) is 0 Å². The number of halogens is 1. The van der Waals surface area contributed by atoms with Gasteiger partial charge >= 0.3 is 5.97 Å². The molecular weight excluding hydrogens is 460 g/mol. The number of hydrogen-bond donors (Lipinski definition) is 1. The zero-order valence-corrected chi connectivity index (χ0v) is 18.6. The molecule has 0 atom stereocenters. The van der Waals surface area contributed by atoms with E-state index in [1.807, 2.05) is 0 Å². The third-order valence-electron chi connectivity index (χ3n) is 5.10. The van der Waals surface area contributed by atoms with Gasteiger partial charge in [0.2, 0.25) is 16.8 Å². The van der Waals surface area contributed by atoms with Gasteiger partial charge in [-0.05, 0) is 43.2 Å². The second-order valence-electron chi connectivity index (χ2n) is 7.30. The van der Waals surface area contributed by atoms with E-state index in [1.165, 1.54) is 22.5 Å². The zero-order chi connectivity index (χ0) is 22.7. The second-order valence-corrected chi connectivity index (χ2v) is 9.64. The number of piperidine rings is 1. The van der Waals surface area contributed by atoms with Gasteiger partial charge in [-0.1, -0.05) is 18.0 Å². The molecule has 0 spiro atoms. The number of nitrogens with one attached hydrogen (secondary N) is 1. The number of carbonyl (C=O) groups excluding carboxylic acids is 2. The van der Waals surface area contributed by atoms with E-state index in [2.05, 4.69) is 5.32 Å². The van der Waals surface area contributed by atoms with E-state index in [-0.39, 0.29) is 22.3 Å². The zero-order valence-electron chi connectivity index (χ0n) is 17.0. The van der Waals surface area contributed by atoms with Crippen LogP contribution in [0, 0.1) is 0 Å². The molecule has 170 valence electrons. The molecule has 0 aliphatic carbocycles. The van der Waals surface area contributed by atoms with E-state index >= 15 is 0 Å². The van der Waals surface area contributed by atoms with Crippen molar-refractivity contribution in [3.8, 4) is 11.5 Å². The van der Waals surface area contributed by atoms with E-state index in [4.69, 9.17) is 25.8 Å². The number of rotatable bonds is 6. The maximum absolute atomic E-state index is 12.9. The van der Waals surface area contributed by atoms with Crippen molar-refractivity contribution in [2.45, 2.75) is 24.2 Å². The van der Waals surface area contributed by atoms with Gasteiger partial charge in [-0.25, -0.2) is 13.2 Å². The van der Waals surface area contributed by atoms with Crippen LogP contribution in [0.2, 0.25) is 5.02 Å². The number of nitrogens with zero attached hydrogens (tertiary/aromatic N) is 1. The van der Waals surface area contributed by atoms with Crippen molar-refractivity contribution in [2.24, 2.45) is 0 Å². The highest BCUT2D eigenvalue weighted by Crippen LogP contribution is 2.34. The fourth-order valence-electron chi connectivity index (χ4n) is 3.46. The first-order valence-corrected chi connectivity index (χ1v) is 11.8. The fraction of sp³-hybridized carbons (Fsp3) is 0.333.